The summed E-state index contributed by atoms with van der Waals surface area (Å²) in [7, 11) is 1.59. The lowest BCUT2D eigenvalue weighted by Gasteiger charge is -2.17. The largest absolute Gasteiger partial charge is 0.337 e. The summed E-state index contributed by atoms with van der Waals surface area (Å²) < 4.78 is 0. The Morgan fingerprint density at radius 1 is 1.08 bits per heavy atom. The van der Waals surface area contributed by atoms with E-state index in [1.807, 2.05) is 6.07 Å². The summed E-state index contributed by atoms with van der Waals surface area (Å²) >= 11 is 0. The Bertz CT molecular complexity index is 800. The van der Waals surface area contributed by atoms with E-state index in [0.29, 0.717) is 16.7 Å². The standard InChI is InChI=1S/C19H20N2O4/c1-13(2)18(22)15-9-10-16(17(11-15)21(24)25)12-20(3)19(23)14-7-5-4-6-8-14/h4-11,13H,12H2,1-3H3. The van der Waals surface area contributed by atoms with Crippen molar-refractivity contribution < 1.29 is 14.5 Å². The number of carbonyl (C=O) groups excluding carboxylic acids is 2. The molecule has 0 atom stereocenters. The first-order chi connectivity index (χ1) is 11.8. The molecule has 0 aromatic heterocycles. The number of nitro benzene ring substituents is 1. The molecule has 6 heteroatoms. The predicted molar refractivity (Wildman–Crippen MR) is 94.5 cm³/mol. The number of benzene rings is 2. The Labute approximate surface area is 146 Å². The lowest BCUT2D eigenvalue weighted by molar-refractivity contribution is -0.385. The van der Waals surface area contributed by atoms with Crippen molar-refractivity contribution in [2.75, 3.05) is 7.05 Å². The van der Waals surface area contributed by atoms with Crippen LogP contribution in [0.5, 0.6) is 0 Å². The maximum atomic E-state index is 12.4. The molecule has 0 aliphatic rings. The Balaban J connectivity index is 2.28. The molecule has 6 nitrogen and oxygen atoms in total. The van der Waals surface area contributed by atoms with Crippen LogP contribution in [0.2, 0.25) is 0 Å². The van der Waals surface area contributed by atoms with E-state index >= 15 is 0 Å². The summed E-state index contributed by atoms with van der Waals surface area (Å²) in [6.45, 7) is 3.57. The van der Waals surface area contributed by atoms with Gasteiger partial charge in [-0.25, -0.2) is 0 Å². The molecule has 25 heavy (non-hydrogen) atoms. The molecule has 2 rings (SSSR count). The maximum Gasteiger partial charge on any atom is 0.275 e. The first kappa shape index (κ1) is 18.3. The van der Waals surface area contributed by atoms with Crippen molar-refractivity contribution in [1.82, 2.24) is 4.90 Å². The molecule has 0 unspecified atom stereocenters. The fourth-order valence-electron chi connectivity index (χ4n) is 2.48. The minimum atomic E-state index is -0.521. The molecule has 2 aromatic carbocycles. The maximum absolute atomic E-state index is 12.4. The zero-order valence-corrected chi connectivity index (χ0v) is 14.4. The van der Waals surface area contributed by atoms with Crippen LogP contribution < -0.4 is 0 Å². The van der Waals surface area contributed by atoms with Crippen molar-refractivity contribution in [2.45, 2.75) is 20.4 Å². The molecule has 2 aromatic rings. The number of amides is 1. The predicted octanol–water partition coefficient (Wildman–Crippen LogP) is 3.71. The lowest BCUT2D eigenvalue weighted by atomic mass is 9.99. The third-order valence-electron chi connectivity index (χ3n) is 3.87. The highest BCUT2D eigenvalue weighted by Crippen LogP contribution is 2.24. The van der Waals surface area contributed by atoms with E-state index in [1.165, 1.54) is 11.0 Å². The van der Waals surface area contributed by atoms with Gasteiger partial charge in [0.05, 0.1) is 11.5 Å². The van der Waals surface area contributed by atoms with Crippen molar-refractivity contribution in [1.29, 1.82) is 0 Å². The van der Waals surface area contributed by atoms with Gasteiger partial charge in [-0.2, -0.15) is 0 Å². The van der Waals surface area contributed by atoms with Crippen molar-refractivity contribution in [3.63, 3.8) is 0 Å². The van der Waals surface area contributed by atoms with E-state index < -0.39 is 4.92 Å². The molecular weight excluding hydrogens is 320 g/mol. The number of rotatable bonds is 6. The van der Waals surface area contributed by atoms with E-state index in [9.17, 15) is 19.7 Å². The fraction of sp³-hybridized carbons (Fsp3) is 0.263. The number of Topliss-reactive ketones (excluding diaryl/α,β-unsaturated/α-hetero) is 1. The Morgan fingerprint density at radius 3 is 2.28 bits per heavy atom. The summed E-state index contributed by atoms with van der Waals surface area (Å²) in [5.74, 6) is -0.617. The summed E-state index contributed by atoms with van der Waals surface area (Å²) in [6, 6.07) is 13.1. The molecule has 130 valence electrons. The second-order valence-electron chi connectivity index (χ2n) is 6.15. The molecule has 0 N–H and O–H groups in total. The van der Waals surface area contributed by atoms with Gasteiger partial charge in [0.1, 0.15) is 0 Å². The SMILES string of the molecule is CC(C)C(=O)c1ccc(CN(C)C(=O)c2ccccc2)c([N+](=O)[O-])c1. The second-order valence-corrected chi connectivity index (χ2v) is 6.15. The quantitative estimate of drug-likeness (QED) is 0.456. The van der Waals surface area contributed by atoms with Gasteiger partial charge in [0, 0.05) is 35.7 Å². The summed E-state index contributed by atoms with van der Waals surface area (Å²) in [6.07, 6.45) is 0. The molecule has 0 aliphatic carbocycles. The number of nitro groups is 1. The average molecular weight is 340 g/mol. The van der Waals surface area contributed by atoms with Crippen LogP contribution >= 0.6 is 0 Å². The normalized spacial score (nSPS) is 10.6. The first-order valence-corrected chi connectivity index (χ1v) is 7.93. The summed E-state index contributed by atoms with van der Waals surface area (Å²) in [4.78, 5) is 36.7. The van der Waals surface area contributed by atoms with E-state index in [2.05, 4.69) is 0 Å². The van der Waals surface area contributed by atoms with Crippen molar-refractivity contribution in [2.24, 2.45) is 5.92 Å². The van der Waals surface area contributed by atoms with Crippen LogP contribution in [0.15, 0.2) is 48.5 Å². The van der Waals surface area contributed by atoms with Crippen molar-refractivity contribution >= 4 is 17.4 Å². The Morgan fingerprint density at radius 2 is 1.72 bits per heavy atom. The molecule has 0 spiro atoms. The second kappa shape index (κ2) is 7.70. The third kappa shape index (κ3) is 4.29. The first-order valence-electron chi connectivity index (χ1n) is 7.93. The summed E-state index contributed by atoms with van der Waals surface area (Å²) in [5, 5.41) is 11.4. The molecule has 0 fully saturated rings. The van der Waals surface area contributed by atoms with Gasteiger partial charge >= 0.3 is 0 Å². The zero-order valence-electron chi connectivity index (χ0n) is 14.4. The van der Waals surface area contributed by atoms with Crippen molar-refractivity contribution in [3.8, 4) is 0 Å². The number of nitrogens with zero attached hydrogens (tertiary/aromatic N) is 2. The van der Waals surface area contributed by atoms with E-state index in [1.54, 1.807) is 57.3 Å². The van der Waals surface area contributed by atoms with Gasteiger partial charge in [0.2, 0.25) is 0 Å². The van der Waals surface area contributed by atoms with Crippen LogP contribution in [0.25, 0.3) is 0 Å². The van der Waals surface area contributed by atoms with Gasteiger partial charge in [-0.05, 0) is 18.2 Å². The molecule has 0 bridgehead atoms. The summed E-state index contributed by atoms with van der Waals surface area (Å²) in [5.41, 5.74) is 1.05. The van der Waals surface area contributed by atoms with E-state index in [-0.39, 0.29) is 29.8 Å². The van der Waals surface area contributed by atoms with Gasteiger partial charge in [0.15, 0.2) is 5.78 Å². The molecule has 0 heterocycles. The van der Waals surface area contributed by atoms with E-state index in [4.69, 9.17) is 0 Å². The number of hydrogen-bond donors (Lipinski definition) is 0. The van der Waals surface area contributed by atoms with E-state index in [0.717, 1.165) is 0 Å². The highest BCUT2D eigenvalue weighted by Gasteiger charge is 2.21. The van der Waals surface area contributed by atoms with Crippen LogP contribution in [-0.2, 0) is 6.54 Å². The number of carbonyl (C=O) groups is 2. The van der Waals surface area contributed by atoms with Gasteiger partial charge in [-0.15, -0.1) is 0 Å². The minimum absolute atomic E-state index is 0.0835. The smallest absolute Gasteiger partial charge is 0.275 e. The highest BCUT2D eigenvalue weighted by atomic mass is 16.6. The molecular formula is C19H20N2O4. The average Bonchev–Trinajstić information content (AvgIpc) is 2.61. The van der Waals surface area contributed by atoms with Crippen LogP contribution in [0.3, 0.4) is 0 Å². The monoisotopic (exact) mass is 340 g/mol. The van der Waals surface area contributed by atoms with Gasteiger partial charge in [-0.3, -0.25) is 19.7 Å². The minimum Gasteiger partial charge on any atom is -0.337 e. The van der Waals surface area contributed by atoms with Crippen molar-refractivity contribution in [3.05, 3.63) is 75.3 Å². The van der Waals surface area contributed by atoms with Crippen LogP contribution in [0.1, 0.15) is 40.1 Å². The fourth-order valence-corrected chi connectivity index (χ4v) is 2.48. The molecule has 0 radical (unpaired) electrons. The van der Waals surface area contributed by atoms with Crippen LogP contribution in [0.4, 0.5) is 5.69 Å². The Hall–Kier alpha value is -3.02. The topological polar surface area (TPSA) is 80.5 Å². The zero-order chi connectivity index (χ0) is 18.6. The highest BCUT2D eigenvalue weighted by molar-refractivity contribution is 5.98. The third-order valence-corrected chi connectivity index (χ3v) is 3.87. The van der Waals surface area contributed by atoms with Crippen LogP contribution in [-0.4, -0.2) is 28.6 Å². The Kier molecular flexibility index (Phi) is 5.64. The molecule has 0 aliphatic heterocycles. The number of ketones is 1. The van der Waals surface area contributed by atoms with Gasteiger partial charge in [-0.1, -0.05) is 38.1 Å². The van der Waals surface area contributed by atoms with Gasteiger partial charge < -0.3 is 4.90 Å². The number of hydrogen-bond acceptors (Lipinski definition) is 4. The molecule has 0 saturated heterocycles. The van der Waals surface area contributed by atoms with Crippen LogP contribution in [0, 0.1) is 16.0 Å². The van der Waals surface area contributed by atoms with Gasteiger partial charge in [0.25, 0.3) is 11.6 Å². The molecule has 1 amide bonds. The molecule has 0 saturated carbocycles. The lowest BCUT2D eigenvalue weighted by Crippen LogP contribution is -2.26.